The van der Waals surface area contributed by atoms with Gasteiger partial charge < -0.3 is 0 Å². The summed E-state index contributed by atoms with van der Waals surface area (Å²) >= 11 is 7.38. The fraction of sp³-hybridized carbons (Fsp3) is 0.545. The van der Waals surface area contributed by atoms with Crippen molar-refractivity contribution in [1.82, 2.24) is 0 Å². The van der Waals surface area contributed by atoms with Gasteiger partial charge in [0.1, 0.15) is 0 Å². The van der Waals surface area contributed by atoms with Gasteiger partial charge in [-0.15, -0.1) is 0 Å². The second-order valence-electron chi connectivity index (χ2n) is 9.91. The smallest absolute Gasteiger partial charge is 0.0323 e. The molecule has 0 saturated carbocycles. The second kappa shape index (κ2) is 6.13. The van der Waals surface area contributed by atoms with E-state index in [0.717, 1.165) is 8.95 Å². The first-order valence-corrected chi connectivity index (χ1v) is 10.2. The average Bonchev–Trinajstić information content (AvgIpc) is 2.34. The zero-order valence-corrected chi connectivity index (χ0v) is 19.7. The van der Waals surface area contributed by atoms with Gasteiger partial charge in [-0.2, -0.15) is 0 Å². The normalized spacial score (nSPS) is 13.6. The third kappa shape index (κ3) is 3.75. The SMILES string of the molecule is CC(C)(C)c1cc2cc(Br)c(Br)cc2c(C(C)(C)C)c1C(C)(C)C. The van der Waals surface area contributed by atoms with Gasteiger partial charge in [0, 0.05) is 8.95 Å². The Balaban J connectivity index is 3.16. The molecule has 0 nitrogen and oxygen atoms in total. The maximum atomic E-state index is 3.70. The first-order valence-electron chi connectivity index (χ1n) is 8.61. The van der Waals surface area contributed by atoms with Crippen LogP contribution in [0.25, 0.3) is 10.8 Å². The van der Waals surface area contributed by atoms with Crippen LogP contribution in [0, 0.1) is 0 Å². The Morgan fingerprint density at radius 3 is 1.46 bits per heavy atom. The Morgan fingerprint density at radius 1 is 0.583 bits per heavy atom. The third-order valence-electron chi connectivity index (χ3n) is 4.49. The summed E-state index contributed by atoms with van der Waals surface area (Å²) in [5.74, 6) is 0. The Labute approximate surface area is 164 Å². The minimum Gasteiger partial charge on any atom is -0.0561 e. The molecule has 2 rings (SSSR count). The maximum Gasteiger partial charge on any atom is 0.0323 e. The molecule has 0 spiro atoms. The summed E-state index contributed by atoms with van der Waals surface area (Å²) in [6.45, 7) is 21.0. The molecule has 0 unspecified atom stereocenters. The minimum absolute atomic E-state index is 0.0788. The summed E-state index contributed by atoms with van der Waals surface area (Å²) in [5, 5.41) is 2.67. The van der Waals surface area contributed by atoms with Crippen molar-refractivity contribution in [3.63, 3.8) is 0 Å². The first kappa shape index (κ1) is 20.0. The van der Waals surface area contributed by atoms with Crippen molar-refractivity contribution in [3.05, 3.63) is 43.8 Å². The van der Waals surface area contributed by atoms with Crippen molar-refractivity contribution >= 4 is 42.6 Å². The summed E-state index contributed by atoms with van der Waals surface area (Å²) in [4.78, 5) is 0. The highest BCUT2D eigenvalue weighted by atomic mass is 79.9. The summed E-state index contributed by atoms with van der Waals surface area (Å²) in [6.07, 6.45) is 0. The lowest BCUT2D eigenvalue weighted by Gasteiger charge is -2.37. The summed E-state index contributed by atoms with van der Waals surface area (Å²) < 4.78 is 2.22. The van der Waals surface area contributed by atoms with Gasteiger partial charge in [0.05, 0.1) is 0 Å². The number of benzene rings is 2. The molecule has 0 aliphatic heterocycles. The predicted molar refractivity (Wildman–Crippen MR) is 115 cm³/mol. The van der Waals surface area contributed by atoms with E-state index in [1.165, 1.54) is 27.5 Å². The van der Waals surface area contributed by atoms with Crippen LogP contribution in [-0.4, -0.2) is 0 Å². The second-order valence-corrected chi connectivity index (χ2v) is 11.6. The standard InChI is InChI=1S/C22H30Br2/c1-20(2,3)15-10-13-11-16(23)17(24)12-14(13)18(21(4,5)6)19(15)22(7,8)9/h10-12H,1-9H3. The lowest BCUT2D eigenvalue weighted by atomic mass is 9.67. The van der Waals surface area contributed by atoms with E-state index in [1.54, 1.807) is 0 Å². The van der Waals surface area contributed by atoms with Crippen LogP contribution in [0.15, 0.2) is 27.1 Å². The van der Waals surface area contributed by atoms with E-state index in [0.29, 0.717) is 0 Å². The van der Waals surface area contributed by atoms with Gasteiger partial charge in [-0.25, -0.2) is 0 Å². The Bertz CT molecular complexity index is 779. The molecule has 0 bridgehead atoms. The van der Waals surface area contributed by atoms with Crippen molar-refractivity contribution in [1.29, 1.82) is 0 Å². The minimum atomic E-state index is 0.0788. The van der Waals surface area contributed by atoms with E-state index >= 15 is 0 Å². The summed E-state index contributed by atoms with van der Waals surface area (Å²) in [5.41, 5.74) is 4.72. The molecular weight excluding hydrogens is 424 g/mol. The van der Waals surface area contributed by atoms with Crippen molar-refractivity contribution in [2.75, 3.05) is 0 Å². The molecule has 2 aromatic carbocycles. The largest absolute Gasteiger partial charge is 0.0561 e. The highest BCUT2D eigenvalue weighted by Crippen LogP contribution is 2.45. The van der Waals surface area contributed by atoms with Gasteiger partial charge in [0.15, 0.2) is 0 Å². The monoisotopic (exact) mass is 452 g/mol. The molecule has 24 heavy (non-hydrogen) atoms. The number of rotatable bonds is 0. The van der Waals surface area contributed by atoms with Gasteiger partial charge in [-0.3, -0.25) is 0 Å². The van der Waals surface area contributed by atoms with Crippen LogP contribution in [0.1, 0.15) is 79.0 Å². The number of hydrogen-bond donors (Lipinski definition) is 0. The van der Waals surface area contributed by atoms with Crippen LogP contribution in [0.3, 0.4) is 0 Å². The third-order valence-corrected chi connectivity index (χ3v) is 6.33. The molecule has 0 heterocycles. The maximum absolute atomic E-state index is 3.70. The lowest BCUT2D eigenvalue weighted by Crippen LogP contribution is -2.28. The van der Waals surface area contributed by atoms with Gasteiger partial charge in [-0.1, -0.05) is 68.4 Å². The van der Waals surface area contributed by atoms with Crippen molar-refractivity contribution in [2.45, 2.75) is 78.6 Å². The topological polar surface area (TPSA) is 0 Å². The lowest BCUT2D eigenvalue weighted by molar-refractivity contribution is 0.501. The van der Waals surface area contributed by atoms with E-state index in [1.807, 2.05) is 0 Å². The highest BCUT2D eigenvalue weighted by Gasteiger charge is 2.33. The fourth-order valence-electron chi connectivity index (χ4n) is 3.54. The van der Waals surface area contributed by atoms with E-state index < -0.39 is 0 Å². The van der Waals surface area contributed by atoms with Gasteiger partial charge >= 0.3 is 0 Å². The van der Waals surface area contributed by atoms with E-state index in [9.17, 15) is 0 Å². The number of halogens is 2. The molecule has 132 valence electrons. The molecule has 0 aliphatic carbocycles. The molecular formula is C22H30Br2. The Hall–Kier alpha value is -0.340. The Kier molecular flexibility index (Phi) is 5.10. The van der Waals surface area contributed by atoms with Crippen molar-refractivity contribution in [2.24, 2.45) is 0 Å². The zero-order chi connectivity index (χ0) is 18.7. The first-order chi connectivity index (χ1) is 10.6. The van der Waals surface area contributed by atoms with Crippen LogP contribution in [-0.2, 0) is 16.2 Å². The highest BCUT2D eigenvalue weighted by molar-refractivity contribution is 9.13. The van der Waals surface area contributed by atoms with Crippen LogP contribution < -0.4 is 0 Å². The predicted octanol–water partition coefficient (Wildman–Crippen LogP) is 8.26. The zero-order valence-electron chi connectivity index (χ0n) is 16.5. The Morgan fingerprint density at radius 2 is 1.04 bits per heavy atom. The van der Waals surface area contributed by atoms with Crippen LogP contribution in [0.2, 0.25) is 0 Å². The molecule has 0 saturated heterocycles. The molecule has 2 heteroatoms. The molecule has 0 atom stereocenters. The van der Waals surface area contributed by atoms with Gasteiger partial charge in [0.25, 0.3) is 0 Å². The fourth-order valence-corrected chi connectivity index (χ4v) is 4.25. The van der Waals surface area contributed by atoms with E-state index in [-0.39, 0.29) is 16.2 Å². The molecule has 0 radical (unpaired) electrons. The summed E-state index contributed by atoms with van der Waals surface area (Å²) in [7, 11) is 0. The average molecular weight is 454 g/mol. The molecule has 0 aromatic heterocycles. The van der Waals surface area contributed by atoms with Crippen molar-refractivity contribution < 1.29 is 0 Å². The van der Waals surface area contributed by atoms with Crippen LogP contribution in [0.5, 0.6) is 0 Å². The van der Waals surface area contributed by atoms with Crippen molar-refractivity contribution in [3.8, 4) is 0 Å². The quantitative estimate of drug-likeness (QED) is 0.376. The number of fused-ring (bicyclic) bond motifs is 1. The van der Waals surface area contributed by atoms with Gasteiger partial charge in [0.2, 0.25) is 0 Å². The van der Waals surface area contributed by atoms with E-state index in [2.05, 4.69) is 112 Å². The summed E-state index contributed by atoms with van der Waals surface area (Å²) in [6, 6.07) is 6.93. The molecule has 0 amide bonds. The molecule has 0 aliphatic rings. The molecule has 2 aromatic rings. The molecule has 0 fully saturated rings. The molecule has 0 N–H and O–H groups in total. The van der Waals surface area contributed by atoms with Crippen LogP contribution in [0.4, 0.5) is 0 Å². The van der Waals surface area contributed by atoms with Crippen LogP contribution >= 0.6 is 31.9 Å². The van der Waals surface area contributed by atoms with Gasteiger partial charge in [-0.05, 0) is 87.7 Å². The number of hydrogen-bond acceptors (Lipinski definition) is 0. The van der Waals surface area contributed by atoms with E-state index in [4.69, 9.17) is 0 Å².